The van der Waals surface area contributed by atoms with E-state index in [1.165, 1.54) is 6.42 Å². The Bertz CT molecular complexity index is 720. The molecule has 2 unspecified atom stereocenters. The van der Waals surface area contributed by atoms with Crippen LogP contribution in [0.3, 0.4) is 0 Å². The van der Waals surface area contributed by atoms with E-state index in [9.17, 15) is 13.2 Å². The van der Waals surface area contributed by atoms with Crippen molar-refractivity contribution in [2.75, 3.05) is 30.0 Å². The van der Waals surface area contributed by atoms with Crippen LogP contribution in [0.15, 0.2) is 12.4 Å². The second-order valence-corrected chi connectivity index (χ2v) is 9.22. The summed E-state index contributed by atoms with van der Waals surface area (Å²) < 4.78 is 23.3. The van der Waals surface area contributed by atoms with Gasteiger partial charge in [-0.3, -0.25) is 4.79 Å². The summed E-state index contributed by atoms with van der Waals surface area (Å²) in [5.41, 5.74) is 0.497. The minimum atomic E-state index is -2.95. The van der Waals surface area contributed by atoms with Gasteiger partial charge in [-0.05, 0) is 32.1 Å². The molecule has 2 atom stereocenters. The monoisotopic (exact) mass is 366 g/mol. The van der Waals surface area contributed by atoms with E-state index >= 15 is 0 Å². The lowest BCUT2D eigenvalue weighted by atomic mass is 9.99. The minimum Gasteiger partial charge on any atom is -0.340 e. The number of piperidine rings is 1. The number of sulfone groups is 1. The SMILES string of the molecule is CCC1CCCCN1C(=O)c1cnc(N(C)C2CCS(=O)(=O)C2)nc1. The van der Waals surface area contributed by atoms with E-state index in [2.05, 4.69) is 16.9 Å². The molecule has 0 aliphatic carbocycles. The number of aromatic nitrogens is 2. The molecular formula is C17H26N4O3S. The number of hydrogen-bond acceptors (Lipinski definition) is 6. The van der Waals surface area contributed by atoms with Gasteiger partial charge in [0.1, 0.15) is 0 Å². The highest BCUT2D eigenvalue weighted by molar-refractivity contribution is 7.91. The molecule has 1 aromatic rings. The molecule has 7 nitrogen and oxygen atoms in total. The van der Waals surface area contributed by atoms with Crippen molar-refractivity contribution in [3.05, 3.63) is 18.0 Å². The topological polar surface area (TPSA) is 83.5 Å². The number of anilines is 1. The number of carbonyl (C=O) groups is 1. The molecule has 138 valence electrons. The lowest BCUT2D eigenvalue weighted by Crippen LogP contribution is -2.43. The molecule has 25 heavy (non-hydrogen) atoms. The van der Waals surface area contributed by atoms with E-state index in [1.54, 1.807) is 24.3 Å². The average Bonchev–Trinajstić information content (AvgIpc) is 3.00. The molecule has 3 rings (SSSR count). The van der Waals surface area contributed by atoms with Crippen molar-refractivity contribution in [1.29, 1.82) is 0 Å². The van der Waals surface area contributed by atoms with Crippen molar-refractivity contribution in [3.8, 4) is 0 Å². The van der Waals surface area contributed by atoms with Crippen LogP contribution in [0.5, 0.6) is 0 Å². The largest absolute Gasteiger partial charge is 0.340 e. The molecule has 1 aromatic heterocycles. The maximum Gasteiger partial charge on any atom is 0.257 e. The van der Waals surface area contributed by atoms with E-state index < -0.39 is 9.84 Å². The van der Waals surface area contributed by atoms with Crippen molar-refractivity contribution in [2.45, 2.75) is 51.1 Å². The standard InChI is InChI=1S/C17H26N4O3S/c1-3-14-6-4-5-8-21(14)16(22)13-10-18-17(19-11-13)20(2)15-7-9-25(23,24)12-15/h10-11,14-15H,3-9,12H2,1-2H3. The second kappa shape index (κ2) is 7.27. The van der Waals surface area contributed by atoms with Crippen molar-refractivity contribution in [2.24, 2.45) is 0 Å². The normalized spacial score (nSPS) is 25.8. The van der Waals surface area contributed by atoms with E-state index in [-0.39, 0.29) is 23.5 Å². The molecule has 3 heterocycles. The van der Waals surface area contributed by atoms with Gasteiger partial charge in [0.25, 0.3) is 5.91 Å². The fourth-order valence-electron chi connectivity index (χ4n) is 3.72. The van der Waals surface area contributed by atoms with Crippen LogP contribution in [0.2, 0.25) is 0 Å². The molecule has 0 aromatic carbocycles. The van der Waals surface area contributed by atoms with Gasteiger partial charge in [-0.1, -0.05) is 6.92 Å². The van der Waals surface area contributed by atoms with Crippen molar-refractivity contribution in [3.63, 3.8) is 0 Å². The van der Waals surface area contributed by atoms with Gasteiger partial charge in [-0.25, -0.2) is 18.4 Å². The number of likely N-dealkylation sites (tertiary alicyclic amines) is 1. The summed E-state index contributed by atoms with van der Waals surface area (Å²) in [5.74, 6) is 0.805. The van der Waals surface area contributed by atoms with Gasteiger partial charge < -0.3 is 9.80 Å². The maximum atomic E-state index is 12.7. The molecule has 2 aliphatic heterocycles. The van der Waals surface area contributed by atoms with Gasteiger partial charge >= 0.3 is 0 Å². The van der Waals surface area contributed by atoms with Crippen LogP contribution in [-0.2, 0) is 9.84 Å². The summed E-state index contributed by atoms with van der Waals surface area (Å²) in [7, 11) is -1.15. The van der Waals surface area contributed by atoms with Crippen molar-refractivity contribution >= 4 is 21.7 Å². The zero-order chi connectivity index (χ0) is 18.0. The fraction of sp³-hybridized carbons (Fsp3) is 0.706. The number of nitrogens with zero attached hydrogens (tertiary/aromatic N) is 4. The van der Waals surface area contributed by atoms with Gasteiger partial charge in [0, 0.05) is 38.1 Å². The van der Waals surface area contributed by atoms with Crippen LogP contribution in [0.4, 0.5) is 5.95 Å². The first kappa shape index (κ1) is 18.1. The van der Waals surface area contributed by atoms with Crippen molar-refractivity contribution < 1.29 is 13.2 Å². The van der Waals surface area contributed by atoms with Crippen LogP contribution in [0.1, 0.15) is 49.4 Å². The van der Waals surface area contributed by atoms with Gasteiger partial charge in [0.05, 0.1) is 17.1 Å². The Kier molecular flexibility index (Phi) is 5.27. The highest BCUT2D eigenvalue weighted by atomic mass is 32.2. The molecule has 0 saturated carbocycles. The van der Waals surface area contributed by atoms with Crippen LogP contribution >= 0.6 is 0 Å². The Labute approximate surface area is 149 Å². The third-order valence-electron chi connectivity index (χ3n) is 5.32. The van der Waals surface area contributed by atoms with Crippen LogP contribution < -0.4 is 4.90 Å². The summed E-state index contributed by atoms with van der Waals surface area (Å²) in [6.45, 7) is 2.90. The fourth-order valence-corrected chi connectivity index (χ4v) is 5.49. The zero-order valence-corrected chi connectivity index (χ0v) is 15.7. The second-order valence-electron chi connectivity index (χ2n) is 7.00. The van der Waals surface area contributed by atoms with Gasteiger partial charge in [-0.2, -0.15) is 0 Å². The third-order valence-corrected chi connectivity index (χ3v) is 7.07. The molecule has 0 radical (unpaired) electrons. The molecule has 2 saturated heterocycles. The highest BCUT2D eigenvalue weighted by Gasteiger charge is 2.32. The third kappa shape index (κ3) is 3.94. The van der Waals surface area contributed by atoms with E-state index in [4.69, 9.17) is 0 Å². The predicted molar refractivity (Wildman–Crippen MR) is 96.5 cm³/mol. The molecular weight excluding hydrogens is 340 g/mol. The van der Waals surface area contributed by atoms with Crippen molar-refractivity contribution in [1.82, 2.24) is 14.9 Å². The molecule has 0 N–H and O–H groups in total. The first-order chi connectivity index (χ1) is 11.9. The summed E-state index contributed by atoms with van der Waals surface area (Å²) in [5, 5.41) is 0. The van der Waals surface area contributed by atoms with E-state index in [1.807, 2.05) is 4.90 Å². The van der Waals surface area contributed by atoms with Crippen LogP contribution in [0, 0.1) is 0 Å². The van der Waals surface area contributed by atoms with Crippen LogP contribution in [-0.4, -0.2) is 66.4 Å². The summed E-state index contributed by atoms with van der Waals surface area (Å²) in [6, 6.07) is 0.199. The smallest absolute Gasteiger partial charge is 0.257 e. The summed E-state index contributed by atoms with van der Waals surface area (Å²) in [4.78, 5) is 25.1. The number of carbonyl (C=O) groups excluding carboxylic acids is 1. The molecule has 8 heteroatoms. The van der Waals surface area contributed by atoms with E-state index in [0.717, 1.165) is 25.8 Å². The van der Waals surface area contributed by atoms with E-state index in [0.29, 0.717) is 24.0 Å². The molecule has 1 amide bonds. The van der Waals surface area contributed by atoms with Gasteiger partial charge in [-0.15, -0.1) is 0 Å². The number of rotatable bonds is 4. The Morgan fingerprint density at radius 3 is 2.60 bits per heavy atom. The molecule has 0 bridgehead atoms. The maximum absolute atomic E-state index is 12.7. The Morgan fingerprint density at radius 1 is 1.28 bits per heavy atom. The Balaban J connectivity index is 1.70. The summed E-state index contributed by atoms with van der Waals surface area (Å²) in [6.07, 6.45) is 7.95. The number of amides is 1. The predicted octanol–water partition coefficient (Wildman–Crippen LogP) is 1.50. The quantitative estimate of drug-likeness (QED) is 0.803. The Morgan fingerprint density at radius 2 is 2.00 bits per heavy atom. The zero-order valence-electron chi connectivity index (χ0n) is 14.9. The molecule has 0 spiro atoms. The highest BCUT2D eigenvalue weighted by Crippen LogP contribution is 2.23. The lowest BCUT2D eigenvalue weighted by Gasteiger charge is -2.35. The van der Waals surface area contributed by atoms with Gasteiger partial charge in [0.2, 0.25) is 5.95 Å². The molecule has 2 fully saturated rings. The Hall–Kier alpha value is -1.70. The first-order valence-corrected chi connectivity index (χ1v) is 10.8. The summed E-state index contributed by atoms with van der Waals surface area (Å²) >= 11 is 0. The van der Waals surface area contributed by atoms with Gasteiger partial charge in [0.15, 0.2) is 9.84 Å². The minimum absolute atomic E-state index is 0.0100. The van der Waals surface area contributed by atoms with Crippen LogP contribution in [0.25, 0.3) is 0 Å². The number of hydrogen-bond donors (Lipinski definition) is 0. The first-order valence-electron chi connectivity index (χ1n) is 8.97. The molecule has 2 aliphatic rings. The lowest BCUT2D eigenvalue weighted by molar-refractivity contribution is 0.0607. The average molecular weight is 366 g/mol.